The average molecular weight is 446 g/mol. The molecule has 0 fully saturated rings. The monoisotopic (exact) mass is 445 g/mol. The Morgan fingerprint density at radius 2 is 2.12 bits per heavy atom. The minimum atomic E-state index is -1.36. The number of carbonyl (C=O) groups is 2. The van der Waals surface area contributed by atoms with Crippen LogP contribution in [0, 0.1) is 11.8 Å². The van der Waals surface area contributed by atoms with E-state index in [0.29, 0.717) is 25.2 Å². The van der Waals surface area contributed by atoms with Gasteiger partial charge in [0.1, 0.15) is 17.9 Å². The van der Waals surface area contributed by atoms with Crippen molar-refractivity contribution in [2.45, 2.75) is 39.1 Å². The topological polar surface area (TPSA) is 82.5 Å². The van der Waals surface area contributed by atoms with Crippen LogP contribution in [-0.4, -0.2) is 40.0 Å². The minimum absolute atomic E-state index is 0.0528. The van der Waals surface area contributed by atoms with E-state index in [1.165, 1.54) is 6.92 Å². The lowest BCUT2D eigenvalue weighted by Gasteiger charge is -2.35. The van der Waals surface area contributed by atoms with Gasteiger partial charge in [-0.15, -0.1) is 5.73 Å². The third kappa shape index (κ3) is 5.20. The van der Waals surface area contributed by atoms with E-state index in [4.69, 9.17) is 0 Å². The highest BCUT2D eigenvalue weighted by Gasteiger charge is 2.38. The first-order valence-corrected chi connectivity index (χ1v) is 11.0. The van der Waals surface area contributed by atoms with E-state index in [0.717, 1.165) is 34.1 Å². The van der Waals surface area contributed by atoms with Crippen molar-refractivity contribution in [1.82, 2.24) is 9.88 Å². The second-order valence-electron chi connectivity index (χ2n) is 8.69. The summed E-state index contributed by atoms with van der Waals surface area (Å²) in [5, 5.41) is 14.1. The number of Topliss-reactive ketones (excluding diaryl/α,β-unsaturated/α-hetero) is 1. The molecule has 6 nitrogen and oxygen atoms in total. The number of aromatic nitrogens is 1. The zero-order valence-electron chi connectivity index (χ0n) is 19.5. The van der Waals surface area contributed by atoms with E-state index >= 15 is 0 Å². The normalized spacial score (nSPS) is 17.8. The van der Waals surface area contributed by atoms with Crippen LogP contribution in [0.25, 0.3) is 11.1 Å². The number of aldehydes is 1. The van der Waals surface area contributed by atoms with E-state index in [1.54, 1.807) is 24.1 Å². The Kier molecular flexibility index (Phi) is 7.44. The molecule has 172 valence electrons. The smallest absolute Gasteiger partial charge is 0.193 e. The second-order valence-corrected chi connectivity index (χ2v) is 8.69. The van der Waals surface area contributed by atoms with Gasteiger partial charge in [-0.25, -0.2) is 4.98 Å². The Labute approximate surface area is 195 Å². The van der Waals surface area contributed by atoms with E-state index in [1.807, 2.05) is 37.4 Å². The van der Waals surface area contributed by atoms with E-state index in [2.05, 4.69) is 29.2 Å². The molecule has 1 aliphatic rings. The lowest BCUT2D eigenvalue weighted by Crippen LogP contribution is -2.50. The molecule has 1 aromatic heterocycles. The molecule has 0 saturated carbocycles. The summed E-state index contributed by atoms with van der Waals surface area (Å²) in [4.78, 5) is 29.5. The molecule has 2 N–H and O–H groups in total. The van der Waals surface area contributed by atoms with Crippen molar-refractivity contribution >= 4 is 29.0 Å². The first-order chi connectivity index (χ1) is 15.7. The predicted octanol–water partition coefficient (Wildman–Crippen LogP) is 4.29. The highest BCUT2D eigenvalue weighted by molar-refractivity contribution is 5.96. The molecule has 0 spiro atoms. The van der Waals surface area contributed by atoms with Crippen LogP contribution in [0.15, 0.2) is 61.5 Å². The van der Waals surface area contributed by atoms with Crippen LogP contribution in [0.5, 0.6) is 0 Å². The number of ketones is 1. The zero-order chi connectivity index (χ0) is 24.2. The lowest BCUT2D eigenvalue weighted by atomic mass is 9.82. The second kappa shape index (κ2) is 10.1. The number of carbonyl (C=O) groups excluding carboxylic acids is 2. The van der Waals surface area contributed by atoms with Gasteiger partial charge in [0.2, 0.25) is 0 Å². The van der Waals surface area contributed by atoms with Crippen molar-refractivity contribution in [2.75, 3.05) is 12.4 Å². The molecule has 6 heteroatoms. The number of hydrogen-bond acceptors (Lipinski definition) is 6. The molecule has 0 bridgehead atoms. The number of benzene rings is 1. The highest BCUT2D eigenvalue weighted by Crippen LogP contribution is 2.49. The summed E-state index contributed by atoms with van der Waals surface area (Å²) >= 11 is 0. The summed E-state index contributed by atoms with van der Waals surface area (Å²) in [7, 11) is 1.82. The Morgan fingerprint density at radius 3 is 2.73 bits per heavy atom. The predicted molar refractivity (Wildman–Crippen MR) is 131 cm³/mol. The zero-order valence-corrected chi connectivity index (χ0v) is 19.5. The van der Waals surface area contributed by atoms with Gasteiger partial charge in [-0.3, -0.25) is 4.90 Å². The van der Waals surface area contributed by atoms with E-state index < -0.39 is 5.85 Å². The van der Waals surface area contributed by atoms with Crippen LogP contribution in [-0.2, 0) is 16.1 Å². The molecule has 1 aliphatic carbocycles. The van der Waals surface area contributed by atoms with Gasteiger partial charge < -0.3 is 20.0 Å². The summed E-state index contributed by atoms with van der Waals surface area (Å²) in [5.41, 5.74) is 7.53. The summed E-state index contributed by atoms with van der Waals surface area (Å²) in [5.74, 6) is -1.39. The number of nitrogens with one attached hydrogen (secondary N) is 1. The Hall–Kier alpha value is -3.31. The van der Waals surface area contributed by atoms with Gasteiger partial charge in [0.15, 0.2) is 5.85 Å². The number of nitrogens with zero attached hydrogens (tertiary/aromatic N) is 2. The molecular weight excluding hydrogens is 414 g/mol. The fraction of sp³-hybridized carbons (Fsp3) is 0.333. The maximum Gasteiger partial charge on any atom is 0.193 e. The Morgan fingerprint density at radius 1 is 1.36 bits per heavy atom. The summed E-state index contributed by atoms with van der Waals surface area (Å²) in [6, 6.07) is 11.4. The van der Waals surface area contributed by atoms with Crippen molar-refractivity contribution in [2.24, 2.45) is 11.8 Å². The average Bonchev–Trinajstić information content (AvgIpc) is 3.07. The molecule has 0 saturated heterocycles. The van der Waals surface area contributed by atoms with Crippen molar-refractivity contribution in [3.05, 3.63) is 78.2 Å². The molecule has 3 atom stereocenters. The largest absolute Gasteiger partial charge is 0.359 e. The number of pyridine rings is 1. The van der Waals surface area contributed by atoms with Gasteiger partial charge in [0.05, 0.1) is 0 Å². The molecule has 0 aliphatic heterocycles. The molecule has 3 unspecified atom stereocenters. The molecule has 1 aromatic carbocycles. The highest BCUT2D eigenvalue weighted by atomic mass is 16.3. The van der Waals surface area contributed by atoms with Crippen LogP contribution >= 0.6 is 0 Å². The summed E-state index contributed by atoms with van der Waals surface area (Å²) < 4.78 is 0. The van der Waals surface area contributed by atoms with E-state index in [9.17, 15) is 14.7 Å². The summed E-state index contributed by atoms with van der Waals surface area (Å²) in [6.45, 7) is 11.8. The lowest BCUT2D eigenvalue weighted by molar-refractivity contribution is -0.117. The number of rotatable bonds is 10. The Bertz CT molecular complexity index is 1100. The summed E-state index contributed by atoms with van der Waals surface area (Å²) in [6.07, 6.45) is 3.37. The first-order valence-electron chi connectivity index (χ1n) is 11.0. The maximum atomic E-state index is 12.0. The van der Waals surface area contributed by atoms with Crippen LogP contribution in [0.2, 0.25) is 0 Å². The maximum absolute atomic E-state index is 12.0. The number of fused-ring (bicyclic) bond motifs is 1. The first kappa shape index (κ1) is 24.3. The van der Waals surface area contributed by atoms with Gasteiger partial charge in [0, 0.05) is 36.6 Å². The molecular formula is C27H31N3O3. The van der Waals surface area contributed by atoms with E-state index in [-0.39, 0.29) is 17.6 Å². The van der Waals surface area contributed by atoms with Crippen molar-refractivity contribution in [3.63, 3.8) is 0 Å². The standard InChI is InChI=1S/C27H31N3O3/c1-6-22-23-11-9-10-20(16-30(5)27(4,33)29-24-12-7-8-15-28-24)25(23)19(3)26(22)21(17-31)14-13-18(2)32/h7-12,15,17,21,26,33H,1,3,13-14,16H2,2,4-5H3,(H,28,29). The molecule has 3 rings (SSSR count). The minimum Gasteiger partial charge on any atom is -0.359 e. The van der Waals surface area contributed by atoms with Gasteiger partial charge >= 0.3 is 0 Å². The third-order valence-electron chi connectivity index (χ3n) is 6.25. The molecule has 0 amide bonds. The number of hydrogen-bond donors (Lipinski definition) is 2. The fourth-order valence-electron chi connectivity index (χ4n) is 4.38. The SMILES string of the molecule is C=C=C1c2cccc(CN(C)C(C)(O)Nc3ccccn3)c2C(=C)C1C(C=O)CCC(C)=O. The van der Waals surface area contributed by atoms with Crippen molar-refractivity contribution in [1.29, 1.82) is 0 Å². The molecule has 33 heavy (non-hydrogen) atoms. The van der Waals surface area contributed by atoms with Crippen LogP contribution in [0.3, 0.4) is 0 Å². The van der Waals surface area contributed by atoms with Gasteiger partial charge in [0.25, 0.3) is 0 Å². The number of anilines is 1. The Balaban J connectivity index is 1.89. The number of aliphatic hydroxyl groups is 1. The van der Waals surface area contributed by atoms with Crippen LogP contribution < -0.4 is 5.32 Å². The van der Waals surface area contributed by atoms with Gasteiger partial charge in [-0.1, -0.05) is 37.4 Å². The molecule has 0 radical (unpaired) electrons. The molecule has 1 heterocycles. The quantitative estimate of drug-likeness (QED) is 0.323. The van der Waals surface area contributed by atoms with Crippen molar-refractivity contribution in [3.8, 4) is 0 Å². The van der Waals surface area contributed by atoms with Crippen LogP contribution in [0.4, 0.5) is 5.82 Å². The molecule has 2 aromatic rings. The van der Waals surface area contributed by atoms with Gasteiger partial charge in [-0.05, 0) is 61.7 Å². The number of allylic oxidation sites excluding steroid dienone is 2. The third-order valence-corrected chi connectivity index (χ3v) is 6.25. The van der Waals surface area contributed by atoms with Crippen LogP contribution in [0.1, 0.15) is 43.4 Å². The van der Waals surface area contributed by atoms with Crippen molar-refractivity contribution < 1.29 is 14.7 Å². The fourth-order valence-corrected chi connectivity index (χ4v) is 4.38. The van der Waals surface area contributed by atoms with Gasteiger partial charge in [-0.2, -0.15) is 0 Å².